The summed E-state index contributed by atoms with van der Waals surface area (Å²) in [6.07, 6.45) is 2.20. The molecule has 1 aliphatic rings. The Bertz CT molecular complexity index is 549. The fourth-order valence-corrected chi connectivity index (χ4v) is 4.18. The van der Waals surface area contributed by atoms with Crippen LogP contribution in [0.3, 0.4) is 0 Å². The lowest BCUT2D eigenvalue weighted by atomic mass is 10.1. The van der Waals surface area contributed by atoms with Crippen molar-refractivity contribution in [1.82, 2.24) is 0 Å². The van der Waals surface area contributed by atoms with Crippen molar-refractivity contribution in [1.29, 1.82) is 0 Å². The van der Waals surface area contributed by atoms with Gasteiger partial charge in [-0.2, -0.15) is 4.57 Å². The molecule has 3 rings (SSSR count). The minimum Gasteiger partial charge on any atom is -0.191 e. The van der Waals surface area contributed by atoms with Crippen LogP contribution in [0.2, 0.25) is 0 Å². The smallest absolute Gasteiger partial charge is 0.191 e. The number of benzene rings is 1. The molecule has 82 valence electrons. The van der Waals surface area contributed by atoms with Crippen LogP contribution in [-0.2, 0) is 5.54 Å². The van der Waals surface area contributed by atoms with E-state index in [4.69, 9.17) is 0 Å². The summed E-state index contributed by atoms with van der Waals surface area (Å²) in [5, 5.41) is 2.32. The van der Waals surface area contributed by atoms with Crippen LogP contribution < -0.4 is 4.57 Å². The number of aromatic nitrogens is 1. The van der Waals surface area contributed by atoms with E-state index in [-0.39, 0.29) is 5.54 Å². The summed E-state index contributed by atoms with van der Waals surface area (Å²) in [5.74, 6) is 1.12. The third-order valence-corrected chi connectivity index (χ3v) is 5.80. The molecular weight excluding hydrogens is 282 g/mol. The van der Waals surface area contributed by atoms with Gasteiger partial charge in [0.15, 0.2) is 11.7 Å². The monoisotopic (exact) mass is 294 g/mol. The first-order valence-corrected chi connectivity index (χ1v) is 7.48. The lowest BCUT2D eigenvalue weighted by Gasteiger charge is -2.27. The van der Waals surface area contributed by atoms with Crippen LogP contribution in [0.4, 0.5) is 0 Å². The van der Waals surface area contributed by atoms with Crippen LogP contribution >= 0.6 is 27.7 Å². The highest BCUT2D eigenvalue weighted by molar-refractivity contribution is 9.09. The average Bonchev–Trinajstić information content (AvgIpc) is 2.34. The van der Waals surface area contributed by atoms with Gasteiger partial charge in [0, 0.05) is 18.4 Å². The third kappa shape index (κ3) is 1.41. The van der Waals surface area contributed by atoms with Crippen molar-refractivity contribution in [3.05, 3.63) is 36.5 Å². The molecule has 0 spiro atoms. The lowest BCUT2D eigenvalue weighted by Crippen LogP contribution is -2.59. The Labute approximate surface area is 108 Å². The fraction of sp³-hybridized carbons (Fsp3) is 0.308. The SMILES string of the molecule is CC1(CBr)CSc2cccc3ccc[n+]1c23. The van der Waals surface area contributed by atoms with Gasteiger partial charge in [-0.3, -0.25) is 0 Å². The number of hydrogen-bond donors (Lipinski definition) is 0. The van der Waals surface area contributed by atoms with E-state index in [1.165, 1.54) is 15.8 Å². The summed E-state index contributed by atoms with van der Waals surface area (Å²) in [7, 11) is 0. The molecule has 1 unspecified atom stereocenters. The molecule has 0 saturated carbocycles. The van der Waals surface area contributed by atoms with Crippen LogP contribution in [0, 0.1) is 0 Å². The fourth-order valence-electron chi connectivity index (χ4n) is 2.21. The predicted molar refractivity (Wildman–Crippen MR) is 72.3 cm³/mol. The van der Waals surface area contributed by atoms with Gasteiger partial charge in [0.05, 0.1) is 16.0 Å². The molecule has 1 aliphatic heterocycles. The molecule has 0 saturated heterocycles. The zero-order chi connectivity index (χ0) is 11.2. The molecule has 1 aromatic heterocycles. The molecule has 3 heteroatoms. The van der Waals surface area contributed by atoms with E-state index in [0.717, 1.165) is 11.1 Å². The van der Waals surface area contributed by atoms with E-state index in [0.29, 0.717) is 0 Å². The minimum atomic E-state index is 0.179. The molecular formula is C13H13BrNS+. The van der Waals surface area contributed by atoms with E-state index >= 15 is 0 Å². The molecule has 0 radical (unpaired) electrons. The Morgan fingerprint density at radius 3 is 3.00 bits per heavy atom. The molecule has 16 heavy (non-hydrogen) atoms. The number of alkyl halides is 1. The van der Waals surface area contributed by atoms with E-state index < -0.39 is 0 Å². The molecule has 0 fully saturated rings. The zero-order valence-electron chi connectivity index (χ0n) is 9.11. The van der Waals surface area contributed by atoms with Crippen molar-refractivity contribution in [2.24, 2.45) is 0 Å². The number of pyridine rings is 1. The largest absolute Gasteiger partial charge is 0.226 e. The topological polar surface area (TPSA) is 3.88 Å². The van der Waals surface area contributed by atoms with Gasteiger partial charge >= 0.3 is 0 Å². The standard InChI is InChI=1S/C13H13BrNS/c1-13(8-14)9-16-11-6-2-4-10-5-3-7-15(13)12(10)11/h2-7H,8-9H2,1H3/q+1. The Balaban J connectivity index is 2.40. The maximum atomic E-state index is 3.65. The van der Waals surface area contributed by atoms with Crippen molar-refractivity contribution < 1.29 is 4.57 Å². The van der Waals surface area contributed by atoms with Crippen molar-refractivity contribution in [3.63, 3.8) is 0 Å². The number of halogens is 1. The van der Waals surface area contributed by atoms with Crippen LogP contribution in [-0.4, -0.2) is 11.1 Å². The number of nitrogens with zero attached hydrogens (tertiary/aromatic N) is 1. The van der Waals surface area contributed by atoms with Crippen molar-refractivity contribution in [3.8, 4) is 0 Å². The summed E-state index contributed by atoms with van der Waals surface area (Å²) in [6, 6.07) is 10.9. The normalized spacial score (nSPS) is 23.6. The van der Waals surface area contributed by atoms with Gasteiger partial charge in [-0.1, -0.05) is 22.0 Å². The van der Waals surface area contributed by atoms with Gasteiger partial charge in [-0.05, 0) is 18.2 Å². The second kappa shape index (κ2) is 3.74. The van der Waals surface area contributed by atoms with Gasteiger partial charge in [-0.25, -0.2) is 0 Å². The summed E-state index contributed by atoms with van der Waals surface area (Å²) in [6.45, 7) is 2.31. The van der Waals surface area contributed by atoms with Crippen LogP contribution in [0.25, 0.3) is 10.9 Å². The molecule has 1 atom stereocenters. The van der Waals surface area contributed by atoms with Crippen LogP contribution in [0.5, 0.6) is 0 Å². The molecule has 2 aromatic rings. The van der Waals surface area contributed by atoms with Gasteiger partial charge in [0.25, 0.3) is 0 Å². The molecule has 0 aliphatic carbocycles. The quantitative estimate of drug-likeness (QED) is 0.576. The number of hydrogen-bond acceptors (Lipinski definition) is 1. The van der Waals surface area contributed by atoms with Crippen molar-refractivity contribution >= 4 is 38.6 Å². The van der Waals surface area contributed by atoms with Crippen molar-refractivity contribution in [2.45, 2.75) is 17.4 Å². The highest BCUT2D eigenvalue weighted by atomic mass is 79.9. The summed E-state index contributed by atoms with van der Waals surface area (Å²) >= 11 is 5.61. The van der Waals surface area contributed by atoms with Gasteiger partial charge in [-0.15, -0.1) is 11.8 Å². The molecule has 1 aromatic carbocycles. The lowest BCUT2D eigenvalue weighted by molar-refractivity contribution is -0.729. The Kier molecular flexibility index (Phi) is 2.48. The molecule has 2 heterocycles. The molecule has 0 amide bonds. The van der Waals surface area contributed by atoms with E-state index in [9.17, 15) is 0 Å². The Hall–Kier alpha value is -0.540. The Morgan fingerprint density at radius 2 is 2.19 bits per heavy atom. The number of para-hydroxylation sites is 1. The third-order valence-electron chi connectivity index (χ3n) is 3.19. The number of thioether (sulfide) groups is 1. The molecule has 0 N–H and O–H groups in total. The maximum absolute atomic E-state index is 3.65. The first-order valence-electron chi connectivity index (χ1n) is 5.37. The van der Waals surface area contributed by atoms with Gasteiger partial charge in [0.2, 0.25) is 5.52 Å². The van der Waals surface area contributed by atoms with Gasteiger partial charge < -0.3 is 0 Å². The van der Waals surface area contributed by atoms with Crippen molar-refractivity contribution in [2.75, 3.05) is 11.1 Å². The zero-order valence-corrected chi connectivity index (χ0v) is 11.5. The van der Waals surface area contributed by atoms with E-state index in [1.807, 2.05) is 11.8 Å². The average molecular weight is 295 g/mol. The first kappa shape index (κ1) is 10.6. The summed E-state index contributed by atoms with van der Waals surface area (Å²) in [4.78, 5) is 1.40. The second-order valence-electron chi connectivity index (χ2n) is 4.49. The summed E-state index contributed by atoms with van der Waals surface area (Å²) < 4.78 is 2.42. The van der Waals surface area contributed by atoms with Crippen LogP contribution in [0.1, 0.15) is 6.92 Å². The molecule has 0 bridgehead atoms. The number of rotatable bonds is 1. The highest BCUT2D eigenvalue weighted by Crippen LogP contribution is 2.34. The van der Waals surface area contributed by atoms with E-state index in [1.54, 1.807) is 0 Å². The highest BCUT2D eigenvalue weighted by Gasteiger charge is 2.39. The van der Waals surface area contributed by atoms with E-state index in [2.05, 4.69) is 63.9 Å². The Morgan fingerprint density at radius 1 is 1.38 bits per heavy atom. The second-order valence-corrected chi connectivity index (χ2v) is 6.07. The van der Waals surface area contributed by atoms with Crippen LogP contribution in [0.15, 0.2) is 41.4 Å². The predicted octanol–water partition coefficient (Wildman–Crippen LogP) is 3.34. The minimum absolute atomic E-state index is 0.179. The first-order chi connectivity index (χ1) is 7.74. The van der Waals surface area contributed by atoms with Gasteiger partial charge in [0.1, 0.15) is 0 Å². The summed E-state index contributed by atoms with van der Waals surface area (Å²) in [5.41, 5.74) is 1.56. The molecule has 1 nitrogen and oxygen atoms in total. The maximum Gasteiger partial charge on any atom is 0.226 e.